The monoisotopic (exact) mass is 283 g/mol. The lowest BCUT2D eigenvalue weighted by Gasteiger charge is -2.16. The largest absolute Gasteiger partial charge is 0.484 e. The zero-order valence-electron chi connectivity index (χ0n) is 11.4. The van der Waals surface area contributed by atoms with Crippen molar-refractivity contribution in [2.75, 3.05) is 13.2 Å². The van der Waals surface area contributed by atoms with Gasteiger partial charge < -0.3 is 15.2 Å². The summed E-state index contributed by atoms with van der Waals surface area (Å²) in [6.07, 6.45) is 0. The van der Waals surface area contributed by atoms with Crippen molar-refractivity contribution in [2.45, 2.75) is 13.8 Å². The van der Waals surface area contributed by atoms with Crippen LogP contribution in [0, 0.1) is 17.7 Å². The summed E-state index contributed by atoms with van der Waals surface area (Å²) >= 11 is 0. The second-order valence-corrected chi connectivity index (χ2v) is 4.74. The molecule has 0 saturated carbocycles. The van der Waals surface area contributed by atoms with E-state index in [1.54, 1.807) is 13.8 Å². The molecule has 0 saturated heterocycles. The minimum absolute atomic E-state index is 0.0542. The van der Waals surface area contributed by atoms with Crippen molar-refractivity contribution in [1.82, 2.24) is 5.32 Å². The number of carboxylic acid groups (broad SMARTS) is 1. The van der Waals surface area contributed by atoms with E-state index < -0.39 is 17.8 Å². The molecule has 1 rings (SSSR count). The molecule has 0 spiro atoms. The lowest BCUT2D eigenvalue weighted by atomic mass is 9.96. The molecule has 1 unspecified atom stereocenters. The zero-order valence-corrected chi connectivity index (χ0v) is 11.4. The molecule has 0 radical (unpaired) electrons. The highest BCUT2D eigenvalue weighted by atomic mass is 19.1. The summed E-state index contributed by atoms with van der Waals surface area (Å²) in [4.78, 5) is 22.5. The molecule has 1 aromatic carbocycles. The first-order chi connectivity index (χ1) is 9.40. The van der Waals surface area contributed by atoms with Crippen LogP contribution < -0.4 is 10.1 Å². The number of hydrogen-bond donors (Lipinski definition) is 2. The van der Waals surface area contributed by atoms with Crippen LogP contribution in [0.15, 0.2) is 24.3 Å². The van der Waals surface area contributed by atoms with Crippen LogP contribution in [0.4, 0.5) is 4.39 Å². The number of ether oxygens (including phenoxy) is 1. The number of rotatable bonds is 7. The van der Waals surface area contributed by atoms with Crippen LogP contribution in [0.1, 0.15) is 13.8 Å². The number of benzene rings is 1. The number of carbonyl (C=O) groups is 2. The molecule has 0 fully saturated rings. The average molecular weight is 283 g/mol. The predicted octanol–water partition coefficient (Wildman–Crippen LogP) is 1.68. The fraction of sp³-hybridized carbons (Fsp3) is 0.429. The average Bonchev–Trinajstić information content (AvgIpc) is 2.37. The Kier molecular flexibility index (Phi) is 5.96. The molecule has 20 heavy (non-hydrogen) atoms. The van der Waals surface area contributed by atoms with Crippen LogP contribution in [0.2, 0.25) is 0 Å². The molecule has 2 N–H and O–H groups in total. The van der Waals surface area contributed by atoms with E-state index in [1.807, 2.05) is 0 Å². The molecule has 1 amide bonds. The zero-order chi connectivity index (χ0) is 15.1. The van der Waals surface area contributed by atoms with E-state index in [9.17, 15) is 14.0 Å². The Morgan fingerprint density at radius 1 is 1.30 bits per heavy atom. The van der Waals surface area contributed by atoms with Crippen molar-refractivity contribution in [3.8, 4) is 5.75 Å². The van der Waals surface area contributed by atoms with Gasteiger partial charge in [-0.2, -0.15) is 0 Å². The SMILES string of the molecule is CC(C)C(CNC(=O)COc1ccc(F)cc1)C(=O)O. The summed E-state index contributed by atoms with van der Waals surface area (Å²) in [5.74, 6) is -2.08. The van der Waals surface area contributed by atoms with E-state index in [0.717, 1.165) is 0 Å². The van der Waals surface area contributed by atoms with Gasteiger partial charge in [0.15, 0.2) is 6.61 Å². The Bertz CT molecular complexity index is 459. The van der Waals surface area contributed by atoms with E-state index in [4.69, 9.17) is 9.84 Å². The maximum atomic E-state index is 12.7. The third kappa shape index (κ3) is 5.26. The van der Waals surface area contributed by atoms with Crippen molar-refractivity contribution in [2.24, 2.45) is 11.8 Å². The van der Waals surface area contributed by atoms with Crippen molar-refractivity contribution in [1.29, 1.82) is 0 Å². The second kappa shape index (κ2) is 7.47. The first-order valence-electron chi connectivity index (χ1n) is 6.28. The summed E-state index contributed by atoms with van der Waals surface area (Å²) < 4.78 is 17.8. The first kappa shape index (κ1) is 15.9. The second-order valence-electron chi connectivity index (χ2n) is 4.74. The summed E-state index contributed by atoms with van der Waals surface area (Å²) in [7, 11) is 0. The third-order valence-electron chi connectivity index (χ3n) is 2.82. The third-order valence-corrected chi connectivity index (χ3v) is 2.82. The smallest absolute Gasteiger partial charge is 0.308 e. The Labute approximate surface area is 116 Å². The van der Waals surface area contributed by atoms with Crippen LogP contribution in [0.25, 0.3) is 0 Å². The Balaban J connectivity index is 2.36. The molecule has 0 aromatic heterocycles. The molecule has 0 aliphatic carbocycles. The van der Waals surface area contributed by atoms with Gasteiger partial charge in [-0.1, -0.05) is 13.8 Å². The number of amides is 1. The van der Waals surface area contributed by atoms with Gasteiger partial charge in [-0.05, 0) is 30.2 Å². The Hall–Kier alpha value is -2.11. The fourth-order valence-corrected chi connectivity index (χ4v) is 1.56. The van der Waals surface area contributed by atoms with Crippen LogP contribution in [0.5, 0.6) is 5.75 Å². The highest BCUT2D eigenvalue weighted by molar-refractivity contribution is 5.78. The van der Waals surface area contributed by atoms with E-state index in [2.05, 4.69) is 5.32 Å². The van der Waals surface area contributed by atoms with Gasteiger partial charge in [0.05, 0.1) is 5.92 Å². The number of aliphatic carboxylic acids is 1. The lowest BCUT2D eigenvalue weighted by molar-refractivity contribution is -0.143. The number of halogens is 1. The van der Waals surface area contributed by atoms with Crippen molar-refractivity contribution in [3.05, 3.63) is 30.1 Å². The molecular formula is C14H18FNO4. The van der Waals surface area contributed by atoms with Crippen LogP contribution in [-0.4, -0.2) is 30.1 Å². The molecule has 1 aromatic rings. The summed E-state index contributed by atoms with van der Waals surface area (Å²) in [6.45, 7) is 3.37. The van der Waals surface area contributed by atoms with E-state index in [-0.39, 0.29) is 24.9 Å². The maximum absolute atomic E-state index is 12.7. The summed E-state index contributed by atoms with van der Waals surface area (Å²) in [5, 5.41) is 11.5. The normalized spacial score (nSPS) is 12.0. The van der Waals surface area contributed by atoms with Gasteiger partial charge in [0.1, 0.15) is 11.6 Å². The molecule has 0 aliphatic heterocycles. The van der Waals surface area contributed by atoms with Crippen LogP contribution >= 0.6 is 0 Å². The Morgan fingerprint density at radius 3 is 2.40 bits per heavy atom. The minimum atomic E-state index is -0.945. The summed E-state index contributed by atoms with van der Waals surface area (Å²) in [5.41, 5.74) is 0. The topological polar surface area (TPSA) is 75.6 Å². The molecule has 1 atom stereocenters. The number of hydrogen-bond acceptors (Lipinski definition) is 3. The van der Waals surface area contributed by atoms with E-state index in [1.165, 1.54) is 24.3 Å². The molecule has 0 aliphatic rings. The van der Waals surface area contributed by atoms with E-state index in [0.29, 0.717) is 5.75 Å². The molecular weight excluding hydrogens is 265 g/mol. The molecule has 0 bridgehead atoms. The van der Waals surface area contributed by atoms with Gasteiger partial charge in [0.2, 0.25) is 0 Å². The number of carbonyl (C=O) groups excluding carboxylic acids is 1. The van der Waals surface area contributed by atoms with Crippen LogP contribution in [0.3, 0.4) is 0 Å². The van der Waals surface area contributed by atoms with Crippen molar-refractivity contribution in [3.63, 3.8) is 0 Å². The van der Waals surface area contributed by atoms with Crippen LogP contribution in [-0.2, 0) is 9.59 Å². The van der Waals surface area contributed by atoms with Gasteiger partial charge in [-0.3, -0.25) is 9.59 Å². The Morgan fingerprint density at radius 2 is 1.90 bits per heavy atom. The highest BCUT2D eigenvalue weighted by Crippen LogP contribution is 2.11. The standard InChI is InChI=1S/C14H18FNO4/c1-9(2)12(14(18)19)7-16-13(17)8-20-11-5-3-10(15)4-6-11/h3-6,9,12H,7-8H2,1-2H3,(H,16,17)(H,18,19). The van der Waals surface area contributed by atoms with E-state index >= 15 is 0 Å². The van der Waals surface area contributed by atoms with Crippen molar-refractivity contribution >= 4 is 11.9 Å². The van der Waals surface area contributed by atoms with Gasteiger partial charge in [0.25, 0.3) is 5.91 Å². The predicted molar refractivity (Wildman–Crippen MR) is 70.9 cm³/mol. The number of nitrogens with one attached hydrogen (secondary N) is 1. The fourth-order valence-electron chi connectivity index (χ4n) is 1.56. The quantitative estimate of drug-likeness (QED) is 0.798. The molecule has 6 heteroatoms. The summed E-state index contributed by atoms with van der Waals surface area (Å²) in [6, 6.07) is 5.28. The molecule has 5 nitrogen and oxygen atoms in total. The minimum Gasteiger partial charge on any atom is -0.484 e. The van der Waals surface area contributed by atoms with Gasteiger partial charge in [0, 0.05) is 6.54 Å². The van der Waals surface area contributed by atoms with Crippen molar-refractivity contribution < 1.29 is 23.8 Å². The first-order valence-corrected chi connectivity index (χ1v) is 6.28. The molecule has 0 heterocycles. The van der Waals surface area contributed by atoms with Gasteiger partial charge in [-0.25, -0.2) is 4.39 Å². The highest BCUT2D eigenvalue weighted by Gasteiger charge is 2.21. The number of carboxylic acids is 1. The maximum Gasteiger partial charge on any atom is 0.308 e. The molecule has 110 valence electrons. The van der Waals surface area contributed by atoms with Gasteiger partial charge in [-0.15, -0.1) is 0 Å². The van der Waals surface area contributed by atoms with Gasteiger partial charge >= 0.3 is 5.97 Å². The lowest BCUT2D eigenvalue weighted by Crippen LogP contribution is -2.37.